The molecule has 4 rings (SSSR count). The number of pyridine rings is 1. The second kappa shape index (κ2) is 6.64. The lowest BCUT2D eigenvalue weighted by molar-refractivity contribution is 0.0694. The number of alkyl halides is 1. The molecule has 3 atom stereocenters. The van der Waals surface area contributed by atoms with Crippen LogP contribution in [0.2, 0.25) is 0 Å². The fraction of sp³-hybridized carbons (Fsp3) is 0.500. The van der Waals surface area contributed by atoms with Crippen molar-refractivity contribution in [1.29, 1.82) is 0 Å². The van der Waals surface area contributed by atoms with E-state index in [1.54, 1.807) is 10.6 Å². The predicted molar refractivity (Wildman–Crippen MR) is 103 cm³/mol. The Bertz CT molecular complexity index is 971. The molecule has 2 N–H and O–H groups in total. The molecule has 7 heteroatoms. The van der Waals surface area contributed by atoms with E-state index in [2.05, 4.69) is 17.1 Å². The Labute approximate surface area is 156 Å². The van der Waals surface area contributed by atoms with Gasteiger partial charge in [0.2, 0.25) is 5.43 Å². The first-order chi connectivity index (χ1) is 12.9. The van der Waals surface area contributed by atoms with Gasteiger partial charge in [0.05, 0.1) is 11.6 Å². The molecule has 0 amide bonds. The number of carboxylic acids is 1. The number of carbonyl (C=O) groups is 1. The number of aromatic carboxylic acids is 1. The molecular weight excluding hydrogens is 349 g/mol. The molecule has 6 nitrogen and oxygen atoms in total. The fourth-order valence-corrected chi connectivity index (χ4v) is 4.24. The number of nitrogens with one attached hydrogen (secondary N) is 1. The Morgan fingerprint density at radius 1 is 1.41 bits per heavy atom. The minimum Gasteiger partial charge on any atom is -0.477 e. The molecule has 0 radical (unpaired) electrons. The topological polar surface area (TPSA) is 74.6 Å². The Morgan fingerprint density at radius 3 is 2.78 bits per heavy atom. The molecule has 144 valence electrons. The van der Waals surface area contributed by atoms with Crippen LogP contribution in [0.3, 0.4) is 0 Å². The summed E-state index contributed by atoms with van der Waals surface area (Å²) >= 11 is 0. The van der Waals surface area contributed by atoms with E-state index in [0.29, 0.717) is 23.4 Å². The predicted octanol–water partition coefficient (Wildman–Crippen LogP) is 2.48. The van der Waals surface area contributed by atoms with E-state index in [9.17, 15) is 19.1 Å². The molecule has 27 heavy (non-hydrogen) atoms. The minimum absolute atomic E-state index is 0.304. The van der Waals surface area contributed by atoms with Crippen molar-refractivity contribution in [3.63, 3.8) is 0 Å². The highest BCUT2D eigenvalue weighted by Crippen LogP contribution is 2.42. The molecule has 1 aromatic heterocycles. The van der Waals surface area contributed by atoms with Crippen LogP contribution in [0.25, 0.3) is 10.9 Å². The lowest BCUT2D eigenvalue weighted by Gasteiger charge is -2.24. The molecule has 1 aliphatic heterocycles. The van der Waals surface area contributed by atoms with E-state index >= 15 is 0 Å². The third-order valence-corrected chi connectivity index (χ3v) is 5.71. The summed E-state index contributed by atoms with van der Waals surface area (Å²) in [5, 5.41) is 13.2. The quantitative estimate of drug-likeness (QED) is 0.842. The van der Waals surface area contributed by atoms with E-state index in [0.717, 1.165) is 37.3 Å². The Morgan fingerprint density at radius 2 is 2.15 bits per heavy atom. The second-order valence-corrected chi connectivity index (χ2v) is 7.50. The first kappa shape index (κ1) is 18.0. The molecule has 1 saturated heterocycles. The maximum absolute atomic E-state index is 13.8. The van der Waals surface area contributed by atoms with Gasteiger partial charge in [0.25, 0.3) is 0 Å². The maximum Gasteiger partial charge on any atom is 0.341 e. The van der Waals surface area contributed by atoms with Crippen LogP contribution >= 0.6 is 0 Å². The van der Waals surface area contributed by atoms with Gasteiger partial charge >= 0.3 is 5.97 Å². The summed E-state index contributed by atoms with van der Waals surface area (Å²) in [6.45, 7) is 6.74. The molecule has 2 aromatic rings. The number of anilines is 1. The molecule has 2 aliphatic rings. The summed E-state index contributed by atoms with van der Waals surface area (Å²) in [4.78, 5) is 26.4. The number of carboxylic acid groups (broad SMARTS) is 1. The number of halogens is 1. The summed E-state index contributed by atoms with van der Waals surface area (Å²) in [5.41, 5.74) is 1.76. The second-order valence-electron chi connectivity index (χ2n) is 7.50. The first-order valence-corrected chi connectivity index (χ1v) is 9.46. The van der Waals surface area contributed by atoms with Crippen molar-refractivity contribution in [2.45, 2.75) is 44.9 Å². The molecule has 2 heterocycles. The zero-order valence-corrected chi connectivity index (χ0v) is 15.5. The standard InChI is InChI=1S/C20H24FN3O3/c1-3-22-12-6-7-23(9-12)16-5-4-13-18(11(16)2)24(17-8-15(17)21)10-14(19(13)25)20(26)27/h4-5,10,12,15,17,22H,3,6-9H2,1-2H3,(H,26,27)/t12-,15+,17?/m1/s1. The van der Waals surface area contributed by atoms with Crippen LogP contribution in [0.15, 0.2) is 23.1 Å². The van der Waals surface area contributed by atoms with E-state index in [1.807, 2.05) is 13.0 Å². The van der Waals surface area contributed by atoms with Crippen LogP contribution in [0.5, 0.6) is 0 Å². The molecule has 1 aliphatic carbocycles. The zero-order valence-electron chi connectivity index (χ0n) is 15.5. The SMILES string of the molecule is CCN[C@@H]1CCN(c2ccc3c(=O)c(C(=O)O)cn(C4C[C@@H]4F)c3c2C)C1. The van der Waals surface area contributed by atoms with Crippen molar-refractivity contribution in [3.05, 3.63) is 39.7 Å². The van der Waals surface area contributed by atoms with Crippen molar-refractivity contribution in [1.82, 2.24) is 9.88 Å². The summed E-state index contributed by atoms with van der Waals surface area (Å²) in [5.74, 6) is -1.28. The molecule has 2 fully saturated rings. The van der Waals surface area contributed by atoms with Crippen LogP contribution in [0.1, 0.15) is 41.7 Å². The van der Waals surface area contributed by atoms with E-state index in [1.165, 1.54) is 6.20 Å². The fourth-order valence-electron chi connectivity index (χ4n) is 4.24. The monoisotopic (exact) mass is 373 g/mol. The Balaban J connectivity index is 1.86. The molecule has 0 bridgehead atoms. The van der Waals surface area contributed by atoms with Gasteiger partial charge in [0.1, 0.15) is 11.7 Å². The van der Waals surface area contributed by atoms with Gasteiger partial charge in [0.15, 0.2) is 0 Å². The smallest absolute Gasteiger partial charge is 0.341 e. The van der Waals surface area contributed by atoms with E-state index in [-0.39, 0.29) is 5.56 Å². The van der Waals surface area contributed by atoms with Gasteiger partial charge in [-0.2, -0.15) is 0 Å². The van der Waals surface area contributed by atoms with Gasteiger partial charge in [-0.3, -0.25) is 4.79 Å². The molecular formula is C20H24FN3O3. The Hall–Kier alpha value is -2.41. The number of hydrogen-bond donors (Lipinski definition) is 2. The van der Waals surface area contributed by atoms with Crippen molar-refractivity contribution in [2.75, 3.05) is 24.5 Å². The van der Waals surface area contributed by atoms with Crippen LogP contribution in [0.4, 0.5) is 10.1 Å². The number of likely N-dealkylation sites (N-methyl/N-ethyl adjacent to an activating group) is 1. The lowest BCUT2D eigenvalue weighted by Crippen LogP contribution is -2.32. The third-order valence-electron chi connectivity index (χ3n) is 5.71. The highest BCUT2D eigenvalue weighted by Gasteiger charge is 2.40. The largest absolute Gasteiger partial charge is 0.477 e. The summed E-state index contributed by atoms with van der Waals surface area (Å²) in [6.07, 6.45) is 1.72. The molecule has 1 saturated carbocycles. The van der Waals surface area contributed by atoms with Crippen molar-refractivity contribution in [3.8, 4) is 0 Å². The lowest BCUT2D eigenvalue weighted by atomic mass is 10.0. The highest BCUT2D eigenvalue weighted by atomic mass is 19.1. The van der Waals surface area contributed by atoms with Crippen molar-refractivity contribution in [2.24, 2.45) is 0 Å². The number of hydrogen-bond acceptors (Lipinski definition) is 4. The maximum atomic E-state index is 13.8. The van der Waals surface area contributed by atoms with Crippen molar-refractivity contribution >= 4 is 22.6 Å². The average Bonchev–Trinajstić information content (AvgIpc) is 3.17. The molecule has 0 spiro atoms. The zero-order chi connectivity index (χ0) is 19.3. The van der Waals surface area contributed by atoms with Gasteiger partial charge in [-0.1, -0.05) is 6.92 Å². The van der Waals surface area contributed by atoms with Gasteiger partial charge < -0.3 is 19.9 Å². The van der Waals surface area contributed by atoms with Gasteiger partial charge in [0, 0.05) is 42.8 Å². The van der Waals surface area contributed by atoms with Crippen LogP contribution in [-0.4, -0.2) is 47.5 Å². The number of rotatable bonds is 5. The van der Waals surface area contributed by atoms with Crippen LogP contribution in [-0.2, 0) is 0 Å². The molecule has 1 unspecified atom stereocenters. The highest BCUT2D eigenvalue weighted by molar-refractivity contribution is 5.95. The Kier molecular flexibility index (Phi) is 4.42. The number of fused-ring (bicyclic) bond motifs is 1. The summed E-state index contributed by atoms with van der Waals surface area (Å²) in [7, 11) is 0. The van der Waals surface area contributed by atoms with E-state index < -0.39 is 23.6 Å². The number of benzene rings is 1. The third kappa shape index (κ3) is 3.00. The first-order valence-electron chi connectivity index (χ1n) is 9.46. The average molecular weight is 373 g/mol. The van der Waals surface area contributed by atoms with Crippen molar-refractivity contribution < 1.29 is 14.3 Å². The number of aryl methyl sites for hydroxylation is 1. The number of aromatic nitrogens is 1. The van der Waals surface area contributed by atoms with Gasteiger partial charge in [-0.15, -0.1) is 0 Å². The van der Waals surface area contributed by atoms with E-state index in [4.69, 9.17) is 0 Å². The number of nitrogens with zero attached hydrogens (tertiary/aromatic N) is 2. The summed E-state index contributed by atoms with van der Waals surface area (Å²) in [6, 6.07) is 3.62. The molecule has 1 aromatic carbocycles. The van der Waals surface area contributed by atoms with Gasteiger partial charge in [-0.25, -0.2) is 9.18 Å². The normalized spacial score (nSPS) is 24.6. The van der Waals surface area contributed by atoms with Crippen LogP contribution in [0, 0.1) is 6.92 Å². The van der Waals surface area contributed by atoms with Crippen LogP contribution < -0.4 is 15.6 Å². The van der Waals surface area contributed by atoms with Gasteiger partial charge in [-0.05, 0) is 37.6 Å². The summed E-state index contributed by atoms with van der Waals surface area (Å²) < 4.78 is 15.5. The minimum atomic E-state index is -1.28.